The molecule has 2 aromatic rings. The van der Waals surface area contributed by atoms with Crippen molar-refractivity contribution in [2.75, 3.05) is 31.7 Å². The van der Waals surface area contributed by atoms with E-state index in [2.05, 4.69) is 16.7 Å². The largest absolute Gasteiger partial charge is 0.351 e. The summed E-state index contributed by atoms with van der Waals surface area (Å²) in [7, 11) is 1.86. The Kier molecular flexibility index (Phi) is 8.15. The quantitative estimate of drug-likeness (QED) is 0.569. The minimum absolute atomic E-state index is 0.0311. The Morgan fingerprint density at radius 1 is 1.23 bits per heavy atom. The van der Waals surface area contributed by atoms with E-state index in [0.29, 0.717) is 6.54 Å². The molecular weight excluding hydrogens is 366 g/mol. The molecule has 2 atom stereocenters. The first-order valence-corrected chi connectivity index (χ1v) is 10.7. The van der Waals surface area contributed by atoms with Gasteiger partial charge in [0, 0.05) is 16.3 Å². The zero-order valence-corrected chi connectivity index (χ0v) is 17.0. The number of benzene rings is 1. The summed E-state index contributed by atoms with van der Waals surface area (Å²) >= 11 is 3.28. The Bertz CT molecular complexity index is 719. The average molecular weight is 393 g/mol. The van der Waals surface area contributed by atoms with Crippen LogP contribution in [0.15, 0.2) is 46.7 Å². The maximum Gasteiger partial charge on any atom is 0.279 e. The molecule has 1 aromatic heterocycles. The van der Waals surface area contributed by atoms with Gasteiger partial charge < -0.3 is 15.5 Å². The molecule has 2 rings (SSSR count). The van der Waals surface area contributed by atoms with Gasteiger partial charge in [0.05, 0.1) is 12.7 Å². The van der Waals surface area contributed by atoms with Crippen LogP contribution in [0.5, 0.6) is 0 Å². The predicted molar refractivity (Wildman–Crippen MR) is 109 cm³/mol. The number of carbonyl (C=O) groups is 2. The number of quaternary nitrogens is 1. The third-order valence-corrected chi connectivity index (χ3v) is 5.94. The Balaban J connectivity index is 1.78. The van der Waals surface area contributed by atoms with Crippen LogP contribution >= 0.6 is 23.1 Å². The van der Waals surface area contributed by atoms with Gasteiger partial charge in [0.25, 0.3) is 11.8 Å². The Morgan fingerprint density at radius 3 is 2.69 bits per heavy atom. The fraction of sp³-hybridized carbons (Fsp3) is 0.368. The highest BCUT2D eigenvalue weighted by Crippen LogP contribution is 2.24. The maximum atomic E-state index is 12.3. The van der Waals surface area contributed by atoms with E-state index >= 15 is 0 Å². The van der Waals surface area contributed by atoms with Gasteiger partial charge in [0.1, 0.15) is 0 Å². The first-order valence-electron chi connectivity index (χ1n) is 8.56. The molecule has 26 heavy (non-hydrogen) atoms. The second-order valence-electron chi connectivity index (χ2n) is 6.11. The molecule has 1 unspecified atom stereocenters. The van der Waals surface area contributed by atoms with Crippen LogP contribution in [0.4, 0.5) is 5.69 Å². The summed E-state index contributed by atoms with van der Waals surface area (Å²) in [6, 6.07) is 11.5. The van der Waals surface area contributed by atoms with Gasteiger partial charge >= 0.3 is 0 Å². The van der Waals surface area contributed by atoms with Crippen LogP contribution < -0.4 is 15.5 Å². The summed E-state index contributed by atoms with van der Waals surface area (Å²) in [4.78, 5) is 27.7. The van der Waals surface area contributed by atoms with Gasteiger partial charge in [-0.2, -0.15) is 0 Å². The standard InChI is InChI=1S/C19H25N3O2S2/c1-14(19(24)20-11-10-15-7-6-12-26-15)22(2)13-18(23)21-16-8-4-5-9-17(16)25-3/h4-9,12,14H,10-11,13H2,1-3H3,(H,20,24)(H,21,23)/p+1/t14-/m0/s1. The van der Waals surface area contributed by atoms with Crippen molar-refractivity contribution in [2.24, 2.45) is 0 Å². The minimum Gasteiger partial charge on any atom is -0.351 e. The molecule has 0 saturated carbocycles. The van der Waals surface area contributed by atoms with Crippen molar-refractivity contribution in [1.82, 2.24) is 5.32 Å². The number of rotatable bonds is 9. The highest BCUT2D eigenvalue weighted by atomic mass is 32.2. The topological polar surface area (TPSA) is 62.6 Å². The predicted octanol–water partition coefficient (Wildman–Crippen LogP) is 1.67. The Hall–Kier alpha value is -1.83. The van der Waals surface area contributed by atoms with E-state index in [1.54, 1.807) is 23.1 Å². The molecule has 7 heteroatoms. The number of likely N-dealkylation sites (N-methyl/N-ethyl adjacent to an activating group) is 1. The molecule has 140 valence electrons. The van der Waals surface area contributed by atoms with Gasteiger partial charge in [-0.1, -0.05) is 18.2 Å². The molecule has 2 amide bonds. The van der Waals surface area contributed by atoms with E-state index in [-0.39, 0.29) is 24.4 Å². The average Bonchev–Trinajstić information content (AvgIpc) is 3.14. The summed E-state index contributed by atoms with van der Waals surface area (Å²) in [5.74, 6) is -0.126. The van der Waals surface area contributed by atoms with Crippen molar-refractivity contribution >= 4 is 40.6 Å². The van der Waals surface area contributed by atoms with E-state index in [4.69, 9.17) is 0 Å². The third kappa shape index (κ3) is 6.16. The van der Waals surface area contributed by atoms with Crippen molar-refractivity contribution in [1.29, 1.82) is 0 Å². The lowest BCUT2D eigenvalue weighted by molar-refractivity contribution is -0.885. The number of hydrogen-bond donors (Lipinski definition) is 3. The lowest BCUT2D eigenvalue weighted by atomic mass is 10.2. The van der Waals surface area contributed by atoms with Crippen LogP contribution in [0.1, 0.15) is 11.8 Å². The van der Waals surface area contributed by atoms with Crippen LogP contribution in [0.25, 0.3) is 0 Å². The molecule has 0 spiro atoms. The number of nitrogens with one attached hydrogen (secondary N) is 3. The van der Waals surface area contributed by atoms with Gasteiger partial charge in [-0.25, -0.2) is 0 Å². The van der Waals surface area contributed by atoms with Gasteiger partial charge in [0.15, 0.2) is 12.6 Å². The van der Waals surface area contributed by atoms with Crippen molar-refractivity contribution in [3.63, 3.8) is 0 Å². The van der Waals surface area contributed by atoms with E-state index in [9.17, 15) is 9.59 Å². The normalized spacial score (nSPS) is 13.0. The van der Waals surface area contributed by atoms with E-state index in [1.807, 2.05) is 55.9 Å². The number of para-hydroxylation sites is 1. The molecule has 3 N–H and O–H groups in total. The van der Waals surface area contributed by atoms with Crippen LogP contribution in [-0.2, 0) is 16.0 Å². The monoisotopic (exact) mass is 392 g/mol. The van der Waals surface area contributed by atoms with Gasteiger partial charge in [-0.05, 0) is 43.2 Å². The first-order chi connectivity index (χ1) is 12.5. The number of amides is 2. The van der Waals surface area contributed by atoms with E-state index < -0.39 is 0 Å². The van der Waals surface area contributed by atoms with E-state index in [0.717, 1.165) is 21.9 Å². The fourth-order valence-corrected chi connectivity index (χ4v) is 3.75. The second-order valence-corrected chi connectivity index (χ2v) is 7.99. The molecule has 0 radical (unpaired) electrons. The molecule has 0 aliphatic rings. The molecule has 1 aromatic carbocycles. The fourth-order valence-electron chi connectivity index (χ4n) is 2.49. The number of thioether (sulfide) groups is 1. The molecular formula is C19H26N3O2S2+. The zero-order valence-electron chi connectivity index (χ0n) is 15.4. The highest BCUT2D eigenvalue weighted by Gasteiger charge is 2.23. The molecule has 0 fully saturated rings. The molecule has 0 aliphatic heterocycles. The van der Waals surface area contributed by atoms with Gasteiger partial charge in [-0.15, -0.1) is 23.1 Å². The SMILES string of the molecule is CSc1ccccc1NC(=O)C[NH+](C)[C@@H](C)C(=O)NCCc1cccs1. The van der Waals surface area contributed by atoms with Crippen molar-refractivity contribution in [3.05, 3.63) is 46.7 Å². The second kappa shape index (κ2) is 10.4. The summed E-state index contributed by atoms with van der Waals surface area (Å²) < 4.78 is 0. The Labute approximate surface area is 163 Å². The third-order valence-electron chi connectivity index (χ3n) is 4.20. The van der Waals surface area contributed by atoms with Gasteiger partial charge in [-0.3, -0.25) is 9.59 Å². The Morgan fingerprint density at radius 2 is 2.00 bits per heavy atom. The smallest absolute Gasteiger partial charge is 0.279 e. The summed E-state index contributed by atoms with van der Waals surface area (Å²) in [6.45, 7) is 2.70. The van der Waals surface area contributed by atoms with Crippen molar-refractivity contribution in [2.45, 2.75) is 24.3 Å². The molecule has 0 bridgehead atoms. The maximum absolute atomic E-state index is 12.3. The van der Waals surface area contributed by atoms with E-state index in [1.165, 1.54) is 4.88 Å². The highest BCUT2D eigenvalue weighted by molar-refractivity contribution is 7.98. The van der Waals surface area contributed by atoms with Crippen LogP contribution in [-0.4, -0.2) is 44.2 Å². The molecule has 0 saturated heterocycles. The van der Waals surface area contributed by atoms with Gasteiger partial charge in [0.2, 0.25) is 0 Å². The molecule has 1 heterocycles. The van der Waals surface area contributed by atoms with Crippen LogP contribution in [0.3, 0.4) is 0 Å². The lowest BCUT2D eigenvalue weighted by Crippen LogP contribution is -3.15. The summed E-state index contributed by atoms with van der Waals surface area (Å²) in [5, 5.41) is 7.92. The van der Waals surface area contributed by atoms with Crippen molar-refractivity contribution < 1.29 is 14.5 Å². The van der Waals surface area contributed by atoms with Crippen LogP contribution in [0, 0.1) is 0 Å². The molecule has 5 nitrogen and oxygen atoms in total. The summed E-state index contributed by atoms with van der Waals surface area (Å²) in [6.07, 6.45) is 2.81. The molecule has 0 aliphatic carbocycles. The minimum atomic E-state index is -0.292. The lowest BCUT2D eigenvalue weighted by Gasteiger charge is -2.21. The van der Waals surface area contributed by atoms with Crippen molar-refractivity contribution in [3.8, 4) is 0 Å². The summed E-state index contributed by atoms with van der Waals surface area (Å²) in [5.41, 5.74) is 0.811. The number of anilines is 1. The number of carbonyl (C=O) groups excluding carboxylic acids is 2. The first kappa shape index (κ1) is 20.5. The number of hydrogen-bond acceptors (Lipinski definition) is 4. The zero-order chi connectivity index (χ0) is 18.9. The number of thiophene rings is 1. The van der Waals surface area contributed by atoms with Crippen LogP contribution in [0.2, 0.25) is 0 Å².